The van der Waals surface area contributed by atoms with Crippen LogP contribution in [0.25, 0.3) is 0 Å². The Morgan fingerprint density at radius 1 is 1.04 bits per heavy atom. The Labute approximate surface area is 146 Å². The summed E-state index contributed by atoms with van der Waals surface area (Å²) in [4.78, 5) is -0.516. The number of hydrogen-bond acceptors (Lipinski definition) is 4. The second kappa shape index (κ2) is 7.92. The zero-order chi connectivity index (χ0) is 18.6. The van der Waals surface area contributed by atoms with Crippen LogP contribution in [0.15, 0.2) is 47.4 Å². The molecule has 1 N–H and O–H groups in total. The Morgan fingerprint density at radius 2 is 1.68 bits per heavy atom. The van der Waals surface area contributed by atoms with Gasteiger partial charge in [0.1, 0.15) is 5.75 Å². The molecule has 0 spiro atoms. The van der Waals surface area contributed by atoms with Crippen LogP contribution in [0.5, 0.6) is 5.75 Å². The first-order valence-electron chi connectivity index (χ1n) is 6.79. The van der Waals surface area contributed by atoms with Crippen molar-refractivity contribution < 1.29 is 30.7 Å². The van der Waals surface area contributed by atoms with Gasteiger partial charge in [0.05, 0.1) is 4.90 Å². The largest absolute Gasteiger partial charge is 0.434 e. The number of sulfone groups is 1. The third-order valence-corrected chi connectivity index (χ3v) is 4.77. The molecule has 10 heteroatoms. The van der Waals surface area contributed by atoms with E-state index in [0.29, 0.717) is 16.3 Å². The summed E-state index contributed by atoms with van der Waals surface area (Å²) < 4.78 is 76.8. The number of anilines is 1. The van der Waals surface area contributed by atoms with Crippen LogP contribution in [0.1, 0.15) is 5.56 Å². The molecular formula is C15H12ClF4NO3S. The first kappa shape index (κ1) is 19.3. The van der Waals surface area contributed by atoms with E-state index < -0.39 is 27.1 Å². The molecule has 2 aromatic carbocycles. The first-order chi connectivity index (χ1) is 11.7. The lowest BCUT2D eigenvalue weighted by molar-refractivity contribution is -0.0504. The normalized spacial score (nSPS) is 11.8. The summed E-state index contributed by atoms with van der Waals surface area (Å²) in [5, 5.41) is 3.16. The number of benzene rings is 2. The van der Waals surface area contributed by atoms with Crippen LogP contribution >= 0.6 is 11.6 Å². The smallest absolute Gasteiger partial charge is 0.387 e. The lowest BCUT2D eigenvalue weighted by Crippen LogP contribution is -2.11. The van der Waals surface area contributed by atoms with Gasteiger partial charge in [0, 0.05) is 22.8 Å². The molecule has 0 heterocycles. The fourth-order valence-corrected chi connectivity index (χ4v) is 2.88. The van der Waals surface area contributed by atoms with Gasteiger partial charge in [-0.25, -0.2) is 8.42 Å². The van der Waals surface area contributed by atoms with Crippen LogP contribution in [0.4, 0.5) is 23.2 Å². The molecule has 136 valence electrons. The molecule has 0 saturated carbocycles. The summed E-state index contributed by atoms with van der Waals surface area (Å²) in [7, 11) is -4.67. The van der Waals surface area contributed by atoms with Crippen molar-refractivity contribution in [2.24, 2.45) is 0 Å². The van der Waals surface area contributed by atoms with Gasteiger partial charge in [-0.2, -0.15) is 17.6 Å². The molecule has 0 aliphatic rings. The van der Waals surface area contributed by atoms with Crippen molar-refractivity contribution in [1.82, 2.24) is 0 Å². The second-order valence-corrected chi connectivity index (χ2v) is 7.17. The Balaban J connectivity index is 2.13. The molecule has 2 aromatic rings. The third kappa shape index (κ3) is 4.99. The van der Waals surface area contributed by atoms with Gasteiger partial charge in [0.25, 0.3) is 0 Å². The molecular weight excluding hydrogens is 386 g/mol. The third-order valence-electron chi connectivity index (χ3n) is 3.14. The van der Waals surface area contributed by atoms with Gasteiger partial charge in [0.15, 0.2) is 0 Å². The maximum Gasteiger partial charge on any atom is 0.387 e. The predicted molar refractivity (Wildman–Crippen MR) is 85.0 cm³/mol. The van der Waals surface area contributed by atoms with E-state index >= 15 is 0 Å². The van der Waals surface area contributed by atoms with Crippen molar-refractivity contribution in [3.63, 3.8) is 0 Å². The lowest BCUT2D eigenvalue weighted by atomic mass is 10.2. The van der Waals surface area contributed by atoms with Crippen molar-refractivity contribution in [2.45, 2.75) is 23.8 Å². The maximum absolute atomic E-state index is 12.5. The number of halogens is 5. The minimum absolute atomic E-state index is 0.0452. The molecule has 4 nitrogen and oxygen atoms in total. The zero-order valence-corrected chi connectivity index (χ0v) is 14.0. The van der Waals surface area contributed by atoms with E-state index in [0.717, 1.165) is 12.1 Å². The minimum Gasteiger partial charge on any atom is -0.434 e. The second-order valence-electron chi connectivity index (χ2n) is 4.81. The Bertz CT molecular complexity index is 829. The zero-order valence-electron chi connectivity index (χ0n) is 12.4. The Morgan fingerprint density at radius 3 is 2.24 bits per heavy atom. The monoisotopic (exact) mass is 397 g/mol. The molecule has 0 fully saturated rings. The number of ether oxygens (including phenoxy) is 1. The first-order valence-corrected chi connectivity index (χ1v) is 8.72. The van der Waals surface area contributed by atoms with Gasteiger partial charge in [-0.05, 0) is 42.5 Å². The molecule has 0 unspecified atom stereocenters. The Hall–Kier alpha value is -2.00. The van der Waals surface area contributed by atoms with Crippen LogP contribution in [-0.2, 0) is 16.4 Å². The van der Waals surface area contributed by atoms with Crippen LogP contribution in [-0.4, -0.2) is 20.8 Å². The Kier molecular flexibility index (Phi) is 6.12. The van der Waals surface area contributed by atoms with Gasteiger partial charge in [-0.1, -0.05) is 11.6 Å². The maximum atomic E-state index is 12.5. The van der Waals surface area contributed by atoms with Crippen molar-refractivity contribution in [3.8, 4) is 5.75 Å². The number of nitrogens with one attached hydrogen (secondary N) is 1. The molecule has 0 bridgehead atoms. The number of alkyl halides is 4. The van der Waals surface area contributed by atoms with E-state index in [1.54, 1.807) is 0 Å². The summed E-state index contributed by atoms with van der Waals surface area (Å²) in [6, 6.07) is 8.75. The highest BCUT2D eigenvalue weighted by atomic mass is 35.5. The minimum atomic E-state index is -4.67. The molecule has 0 radical (unpaired) electrons. The highest BCUT2D eigenvalue weighted by Crippen LogP contribution is 2.26. The van der Waals surface area contributed by atoms with Crippen molar-refractivity contribution in [2.75, 3.05) is 5.32 Å². The summed E-state index contributed by atoms with van der Waals surface area (Å²) in [6.45, 7) is -2.96. The molecule has 0 amide bonds. The van der Waals surface area contributed by atoms with E-state index in [4.69, 9.17) is 11.6 Å². The predicted octanol–water partition coefficient (Wildman–Crippen LogP) is 4.55. The number of hydrogen-bond donors (Lipinski definition) is 1. The fourth-order valence-electron chi connectivity index (χ4n) is 1.96. The van der Waals surface area contributed by atoms with Crippen LogP contribution in [0, 0.1) is 0 Å². The van der Waals surface area contributed by atoms with Crippen LogP contribution < -0.4 is 10.1 Å². The summed E-state index contributed by atoms with van der Waals surface area (Å²) >= 11 is 5.83. The topological polar surface area (TPSA) is 55.4 Å². The van der Waals surface area contributed by atoms with E-state index in [1.165, 1.54) is 30.3 Å². The quantitative estimate of drug-likeness (QED) is 0.696. The van der Waals surface area contributed by atoms with Gasteiger partial charge in [-0.3, -0.25) is 0 Å². The summed E-state index contributed by atoms with van der Waals surface area (Å²) in [6.07, 6.45) is 0. The lowest BCUT2D eigenvalue weighted by Gasteiger charge is -2.13. The molecule has 0 saturated heterocycles. The highest BCUT2D eigenvalue weighted by Gasteiger charge is 2.26. The molecule has 0 aliphatic heterocycles. The molecule has 25 heavy (non-hydrogen) atoms. The van der Waals surface area contributed by atoms with Gasteiger partial charge < -0.3 is 10.1 Å². The fraction of sp³-hybridized carbons (Fsp3) is 0.200. The number of rotatable bonds is 7. The molecule has 0 aliphatic carbocycles. The average Bonchev–Trinajstić information content (AvgIpc) is 2.55. The standard InChI is InChI=1S/C15H12ClF4NO3S/c16-10-1-6-13(24-14(17)18)9(7-10)8-21-11-2-4-12(5-3-11)25(22,23)15(19)20/h1-7,14-15,21H,8H2. The van der Waals surface area contributed by atoms with Crippen LogP contribution in [0.2, 0.25) is 5.02 Å². The molecule has 2 rings (SSSR count). The summed E-state index contributed by atoms with van der Waals surface area (Å²) in [5.41, 5.74) is 0.744. The van der Waals surface area contributed by atoms with Crippen molar-refractivity contribution in [1.29, 1.82) is 0 Å². The van der Waals surface area contributed by atoms with Gasteiger partial charge >= 0.3 is 12.4 Å². The SMILES string of the molecule is O=S(=O)(c1ccc(NCc2cc(Cl)ccc2OC(F)F)cc1)C(F)F. The van der Waals surface area contributed by atoms with Gasteiger partial charge in [-0.15, -0.1) is 0 Å². The van der Waals surface area contributed by atoms with E-state index in [2.05, 4.69) is 10.1 Å². The average molecular weight is 398 g/mol. The van der Waals surface area contributed by atoms with Gasteiger partial charge in [0.2, 0.25) is 9.84 Å². The molecule has 0 atom stereocenters. The summed E-state index contributed by atoms with van der Waals surface area (Å²) in [5.74, 6) is -3.57. The van der Waals surface area contributed by atoms with Crippen molar-refractivity contribution in [3.05, 3.63) is 53.1 Å². The van der Waals surface area contributed by atoms with E-state index in [9.17, 15) is 26.0 Å². The highest BCUT2D eigenvalue weighted by molar-refractivity contribution is 7.91. The molecule has 0 aromatic heterocycles. The van der Waals surface area contributed by atoms with Crippen LogP contribution in [0.3, 0.4) is 0 Å². The van der Waals surface area contributed by atoms with E-state index in [-0.39, 0.29) is 12.3 Å². The van der Waals surface area contributed by atoms with E-state index in [1.807, 2.05) is 0 Å². The van der Waals surface area contributed by atoms with Crippen molar-refractivity contribution >= 4 is 27.1 Å².